The zero-order valence-electron chi connectivity index (χ0n) is 33.7. The van der Waals surface area contributed by atoms with E-state index in [1.807, 2.05) is 0 Å². The number of nitrogens with one attached hydrogen (secondary N) is 4. The van der Waals surface area contributed by atoms with Crippen LogP contribution in [0.1, 0.15) is 148 Å². The summed E-state index contributed by atoms with van der Waals surface area (Å²) in [5.74, 6) is -6.65. The van der Waals surface area contributed by atoms with E-state index in [-0.39, 0.29) is 77.2 Å². The summed E-state index contributed by atoms with van der Waals surface area (Å²) in [6, 6.07) is -3.64. The van der Waals surface area contributed by atoms with E-state index in [0.29, 0.717) is 12.8 Å². The van der Waals surface area contributed by atoms with Crippen molar-refractivity contribution in [1.29, 1.82) is 0 Å². The van der Waals surface area contributed by atoms with Crippen LogP contribution < -0.4 is 21.3 Å². The van der Waals surface area contributed by atoms with Crippen LogP contribution in [-0.4, -0.2) is 119 Å². The van der Waals surface area contributed by atoms with Gasteiger partial charge in [-0.1, -0.05) is 90.4 Å². The minimum absolute atomic E-state index is 0.0158. The first-order valence-corrected chi connectivity index (χ1v) is 20.5. The fraction of sp³-hybridized carbons (Fsp3) is 0.795. The van der Waals surface area contributed by atoms with Gasteiger partial charge in [-0.3, -0.25) is 24.0 Å². The first kappa shape index (κ1) is 52.7. The van der Waals surface area contributed by atoms with E-state index in [1.165, 1.54) is 32.1 Å². The lowest BCUT2D eigenvalue weighted by Gasteiger charge is -2.16. The number of carbonyl (C=O) groups excluding carboxylic acids is 4. The van der Waals surface area contributed by atoms with E-state index in [0.717, 1.165) is 51.4 Å². The van der Waals surface area contributed by atoms with Crippen molar-refractivity contribution in [3.8, 4) is 0 Å². The number of aliphatic carboxylic acids is 4. The van der Waals surface area contributed by atoms with Crippen molar-refractivity contribution in [1.82, 2.24) is 21.3 Å². The second-order valence-electron chi connectivity index (χ2n) is 14.1. The molecule has 0 unspecified atom stereocenters. The predicted molar refractivity (Wildman–Crippen MR) is 208 cm³/mol. The minimum Gasteiger partial charge on any atom is -0.481 e. The van der Waals surface area contributed by atoms with Crippen molar-refractivity contribution in [2.24, 2.45) is 0 Å². The number of hydrogen-bond donors (Lipinski definition) is 8. The van der Waals surface area contributed by atoms with Crippen LogP contribution in [0.3, 0.4) is 0 Å². The average molecular weight is 817 g/mol. The molecule has 0 aliphatic carbocycles. The van der Waals surface area contributed by atoms with Crippen LogP contribution in [0.4, 0.5) is 0 Å². The molecule has 0 saturated heterocycles. The first-order chi connectivity index (χ1) is 27.3. The van der Waals surface area contributed by atoms with Gasteiger partial charge < -0.3 is 51.2 Å². The van der Waals surface area contributed by atoms with Crippen molar-refractivity contribution in [2.45, 2.75) is 166 Å². The lowest BCUT2D eigenvalue weighted by molar-refractivity contribution is -0.144. The van der Waals surface area contributed by atoms with E-state index in [1.54, 1.807) is 6.92 Å². The van der Waals surface area contributed by atoms with Gasteiger partial charge in [0.25, 0.3) is 0 Å². The van der Waals surface area contributed by atoms with Crippen LogP contribution in [0, 0.1) is 0 Å². The van der Waals surface area contributed by atoms with Gasteiger partial charge in [0.1, 0.15) is 24.7 Å². The Hall–Kier alpha value is -4.32. The summed E-state index contributed by atoms with van der Waals surface area (Å²) in [6.07, 6.45) is 15.3. The van der Waals surface area contributed by atoms with Gasteiger partial charge in [-0.15, -0.1) is 0 Å². The summed E-state index contributed by atoms with van der Waals surface area (Å²) >= 11 is 0. The molecule has 0 rings (SSSR count). The third kappa shape index (κ3) is 32.5. The second-order valence-corrected chi connectivity index (χ2v) is 14.1. The standard InChI is InChI=1S/C39H68N4O14/c1-2-17-29(37(50)51)41-34(46)23-21-31(39(54)55)43-35(47)28-57-27-26-56-25-24-40-32(44)22-20-30(38(52)53)42-33(45)18-15-13-11-9-7-5-3-4-6-8-10-12-14-16-19-36(48)49/h29-31H,2-28H2,1H3,(H,40,44)(H,41,46)(H,42,45)(H,43,47)(H,48,49)(H,50,51)(H,52,53)(H,54,55)/t29-,30-,31-/m0/s1. The quantitative estimate of drug-likeness (QED) is 0.0412. The van der Waals surface area contributed by atoms with Gasteiger partial charge >= 0.3 is 23.9 Å². The summed E-state index contributed by atoms with van der Waals surface area (Å²) in [7, 11) is 0. The Morgan fingerprint density at radius 1 is 0.439 bits per heavy atom. The highest BCUT2D eigenvalue weighted by Gasteiger charge is 2.24. The van der Waals surface area contributed by atoms with E-state index in [2.05, 4.69) is 21.3 Å². The third-order valence-corrected chi connectivity index (χ3v) is 9.02. The molecule has 0 saturated carbocycles. The minimum atomic E-state index is -1.38. The van der Waals surface area contributed by atoms with Crippen LogP contribution in [0.2, 0.25) is 0 Å². The normalized spacial score (nSPS) is 12.5. The van der Waals surface area contributed by atoms with E-state index < -0.39 is 66.3 Å². The Labute approximate surface area is 336 Å². The summed E-state index contributed by atoms with van der Waals surface area (Å²) in [6.45, 7) is 1.56. The molecule has 0 aliphatic rings. The average Bonchev–Trinajstić information content (AvgIpc) is 3.15. The monoisotopic (exact) mass is 816 g/mol. The molecule has 57 heavy (non-hydrogen) atoms. The molecule has 0 aromatic carbocycles. The van der Waals surface area contributed by atoms with Gasteiger partial charge in [0.15, 0.2) is 0 Å². The van der Waals surface area contributed by atoms with E-state index in [9.17, 15) is 48.6 Å². The Bertz CT molecular complexity index is 1200. The van der Waals surface area contributed by atoms with Crippen molar-refractivity contribution in [3.63, 3.8) is 0 Å². The molecule has 0 radical (unpaired) electrons. The number of unbranched alkanes of at least 4 members (excludes halogenated alkanes) is 13. The summed E-state index contributed by atoms with van der Waals surface area (Å²) < 4.78 is 10.5. The molecule has 3 atom stereocenters. The number of carboxylic acids is 4. The Kier molecular flexibility index (Phi) is 32.2. The van der Waals surface area contributed by atoms with Crippen molar-refractivity contribution >= 4 is 47.5 Å². The van der Waals surface area contributed by atoms with Gasteiger partial charge in [0.2, 0.25) is 23.6 Å². The Morgan fingerprint density at radius 3 is 1.28 bits per heavy atom. The predicted octanol–water partition coefficient (Wildman–Crippen LogP) is 3.53. The fourth-order valence-electron chi connectivity index (χ4n) is 5.80. The molecular formula is C39H68N4O14. The molecule has 0 bridgehead atoms. The lowest BCUT2D eigenvalue weighted by Crippen LogP contribution is -2.44. The van der Waals surface area contributed by atoms with Gasteiger partial charge in [-0.2, -0.15) is 0 Å². The summed E-state index contributed by atoms with van der Waals surface area (Å²) in [5, 5.41) is 46.3. The third-order valence-electron chi connectivity index (χ3n) is 9.02. The molecule has 0 spiro atoms. The SMILES string of the molecule is CCC[C@H](NC(=O)CC[C@H](NC(=O)COCCOCCNC(=O)CC[C@H](NC(=O)CCCCCCCCCCCCCCCCC(=O)O)C(=O)O)C(=O)O)C(=O)O. The lowest BCUT2D eigenvalue weighted by atomic mass is 10.0. The number of ether oxygens (including phenoxy) is 2. The number of rotatable bonds is 39. The maximum atomic E-state index is 12.3. The molecule has 0 aromatic rings. The number of hydrogen-bond acceptors (Lipinski definition) is 10. The molecule has 8 N–H and O–H groups in total. The molecule has 18 nitrogen and oxygen atoms in total. The highest BCUT2D eigenvalue weighted by Crippen LogP contribution is 2.14. The van der Waals surface area contributed by atoms with Crippen LogP contribution in [0.25, 0.3) is 0 Å². The second kappa shape index (κ2) is 34.9. The molecule has 4 amide bonds. The van der Waals surface area contributed by atoms with E-state index in [4.69, 9.17) is 19.7 Å². The van der Waals surface area contributed by atoms with Crippen LogP contribution in [0.15, 0.2) is 0 Å². The highest BCUT2D eigenvalue weighted by molar-refractivity contribution is 5.86. The molecule has 0 aromatic heterocycles. The fourth-order valence-corrected chi connectivity index (χ4v) is 5.80. The summed E-state index contributed by atoms with van der Waals surface area (Å²) in [4.78, 5) is 93.5. The van der Waals surface area contributed by atoms with Gasteiger partial charge in [-0.25, -0.2) is 14.4 Å². The van der Waals surface area contributed by atoms with Gasteiger partial charge in [0.05, 0.1) is 19.8 Å². The zero-order chi connectivity index (χ0) is 42.7. The largest absolute Gasteiger partial charge is 0.481 e. The topological polar surface area (TPSA) is 284 Å². The first-order valence-electron chi connectivity index (χ1n) is 20.5. The molecule has 0 aliphatic heterocycles. The number of carbonyl (C=O) groups is 8. The van der Waals surface area contributed by atoms with Crippen molar-refractivity contribution < 1.29 is 68.3 Å². The smallest absolute Gasteiger partial charge is 0.326 e. The van der Waals surface area contributed by atoms with Crippen molar-refractivity contribution in [3.05, 3.63) is 0 Å². The van der Waals surface area contributed by atoms with Crippen LogP contribution >= 0.6 is 0 Å². The van der Waals surface area contributed by atoms with E-state index >= 15 is 0 Å². The van der Waals surface area contributed by atoms with Gasteiger partial charge in [-0.05, 0) is 32.1 Å². The molecule has 328 valence electrons. The summed E-state index contributed by atoms with van der Waals surface area (Å²) in [5.41, 5.74) is 0. The maximum absolute atomic E-state index is 12.3. The van der Waals surface area contributed by atoms with Crippen LogP contribution in [0.5, 0.6) is 0 Å². The number of carboxylic acid groups (broad SMARTS) is 4. The molecule has 18 heteroatoms. The van der Waals surface area contributed by atoms with Crippen molar-refractivity contribution in [2.75, 3.05) is 33.0 Å². The maximum Gasteiger partial charge on any atom is 0.326 e. The Morgan fingerprint density at radius 2 is 0.825 bits per heavy atom. The molecule has 0 heterocycles. The highest BCUT2D eigenvalue weighted by atomic mass is 16.5. The molecular weight excluding hydrogens is 748 g/mol. The number of amides is 4. The van der Waals surface area contributed by atoms with Crippen LogP contribution in [-0.2, 0) is 47.8 Å². The molecule has 0 fully saturated rings. The zero-order valence-corrected chi connectivity index (χ0v) is 33.7. The Balaban J connectivity index is 3.95. The van der Waals surface area contributed by atoms with Gasteiger partial charge in [0, 0.05) is 32.2 Å².